The van der Waals surface area contributed by atoms with E-state index < -0.39 is 0 Å². The molecular formula is C91H65B2N7O. The average molecular weight is 1290 g/mol. The molecule has 0 radical (unpaired) electrons. The first-order valence-electron chi connectivity index (χ1n) is 34.6. The van der Waals surface area contributed by atoms with Gasteiger partial charge in [-0.05, 0) is 204 Å². The Morgan fingerprint density at radius 3 is 1.12 bits per heavy atom. The molecule has 10 heteroatoms. The fourth-order valence-electron chi connectivity index (χ4n) is 16.3. The van der Waals surface area contributed by atoms with Crippen molar-refractivity contribution in [2.45, 2.75) is 6.92 Å². The minimum atomic E-state index is -0.337. The molecule has 0 bridgehead atoms. The zero-order valence-corrected chi connectivity index (χ0v) is 55.5. The Bertz CT molecular complexity index is 5550. The van der Waals surface area contributed by atoms with Gasteiger partial charge in [0.25, 0.3) is 13.4 Å². The highest BCUT2D eigenvalue weighted by Crippen LogP contribution is 2.56. The fourth-order valence-corrected chi connectivity index (χ4v) is 16.3. The van der Waals surface area contributed by atoms with Crippen LogP contribution in [0.1, 0.15) is 6.92 Å². The second-order valence-corrected chi connectivity index (χ2v) is 26.1. The molecule has 19 rings (SSSR count). The molecule has 0 aliphatic carbocycles. The van der Waals surface area contributed by atoms with E-state index in [4.69, 9.17) is 4.74 Å². The van der Waals surface area contributed by atoms with Crippen LogP contribution in [0.2, 0.25) is 0 Å². The summed E-state index contributed by atoms with van der Waals surface area (Å²) in [5.74, 6) is 1.57. The second kappa shape index (κ2) is 24.4. The molecule has 14 aromatic carbocycles. The molecule has 8 nitrogen and oxygen atoms in total. The summed E-state index contributed by atoms with van der Waals surface area (Å²) in [6, 6.07) is 124. The third kappa shape index (κ3) is 9.70. The van der Waals surface area contributed by atoms with E-state index in [0.29, 0.717) is 0 Å². The maximum Gasteiger partial charge on any atom is 0.252 e. The average Bonchev–Trinajstić information content (AvgIpc) is 0.684. The smallest absolute Gasteiger partial charge is 0.252 e. The highest BCUT2D eigenvalue weighted by atomic mass is 16.5. The van der Waals surface area contributed by atoms with E-state index in [0.717, 1.165) is 136 Å². The van der Waals surface area contributed by atoms with E-state index in [1.165, 1.54) is 27.3 Å². The van der Waals surface area contributed by atoms with Crippen LogP contribution in [-0.2, 0) is 0 Å². The molecular weight excluding hydrogens is 1230 g/mol. The van der Waals surface area contributed by atoms with Gasteiger partial charge in [-0.3, -0.25) is 0 Å². The molecule has 0 saturated heterocycles. The Labute approximate surface area is 590 Å². The normalized spacial score (nSPS) is 13.4. The van der Waals surface area contributed by atoms with Crippen LogP contribution in [-0.4, -0.2) is 13.4 Å². The third-order valence-corrected chi connectivity index (χ3v) is 20.3. The van der Waals surface area contributed by atoms with Crippen LogP contribution < -0.4 is 71.8 Å². The third-order valence-electron chi connectivity index (χ3n) is 20.3. The van der Waals surface area contributed by atoms with Gasteiger partial charge in [0.1, 0.15) is 0 Å². The molecule has 5 aliphatic heterocycles. The Morgan fingerprint density at radius 2 is 0.653 bits per heavy atom. The molecule has 14 aromatic rings. The second-order valence-electron chi connectivity index (χ2n) is 26.1. The summed E-state index contributed by atoms with van der Waals surface area (Å²) >= 11 is 0. The first-order chi connectivity index (χ1) is 50.0. The first kappa shape index (κ1) is 59.1. The molecule has 5 aliphatic rings. The van der Waals surface area contributed by atoms with Gasteiger partial charge in [0, 0.05) is 102 Å². The van der Waals surface area contributed by atoms with Crippen LogP contribution in [0.4, 0.5) is 114 Å². The lowest BCUT2D eigenvalue weighted by Gasteiger charge is -2.48. The van der Waals surface area contributed by atoms with E-state index in [9.17, 15) is 0 Å². The molecule has 0 amide bonds. The fraction of sp³-hybridized carbons (Fsp3) is 0.0110. The molecule has 5 heterocycles. The van der Waals surface area contributed by atoms with E-state index in [1.807, 2.05) is 12.2 Å². The van der Waals surface area contributed by atoms with Crippen molar-refractivity contribution in [3.63, 3.8) is 0 Å². The summed E-state index contributed by atoms with van der Waals surface area (Å²) in [6.45, 7) is 5.69. The van der Waals surface area contributed by atoms with E-state index in [2.05, 4.69) is 400 Å². The summed E-state index contributed by atoms with van der Waals surface area (Å²) in [7, 11) is 0. The number of benzene rings is 14. The predicted molar refractivity (Wildman–Crippen MR) is 426 cm³/mol. The van der Waals surface area contributed by atoms with Crippen molar-refractivity contribution in [1.82, 2.24) is 0 Å². The number of hydrogen-bond donors (Lipinski definition) is 0. The van der Waals surface area contributed by atoms with Crippen LogP contribution in [0.5, 0.6) is 11.5 Å². The summed E-state index contributed by atoms with van der Waals surface area (Å²) < 4.78 is 7.32. The lowest BCUT2D eigenvalue weighted by Crippen LogP contribution is -2.65. The predicted octanol–water partition coefficient (Wildman–Crippen LogP) is 20.7. The molecule has 476 valence electrons. The minimum absolute atomic E-state index is 0.225. The number of allylic oxidation sites excluding steroid dienone is 5. The van der Waals surface area contributed by atoms with Crippen molar-refractivity contribution in [3.05, 3.63) is 376 Å². The molecule has 0 aromatic heterocycles. The van der Waals surface area contributed by atoms with Crippen LogP contribution in [0.25, 0.3) is 0 Å². The van der Waals surface area contributed by atoms with Gasteiger partial charge in [0.2, 0.25) is 0 Å². The van der Waals surface area contributed by atoms with E-state index in [-0.39, 0.29) is 13.4 Å². The van der Waals surface area contributed by atoms with Gasteiger partial charge in [0.05, 0.1) is 17.1 Å². The monoisotopic (exact) mass is 1290 g/mol. The van der Waals surface area contributed by atoms with Crippen molar-refractivity contribution in [2.75, 3.05) is 34.3 Å². The highest BCUT2D eigenvalue weighted by molar-refractivity contribution is 7.03. The highest BCUT2D eigenvalue weighted by Gasteiger charge is 2.50. The van der Waals surface area contributed by atoms with Gasteiger partial charge >= 0.3 is 0 Å². The number of hydrogen-bond acceptors (Lipinski definition) is 8. The molecule has 0 spiro atoms. The summed E-state index contributed by atoms with van der Waals surface area (Å²) in [4.78, 5) is 17.3. The van der Waals surface area contributed by atoms with Gasteiger partial charge in [-0.25, -0.2) is 0 Å². The Kier molecular flexibility index (Phi) is 14.3. The number of nitrogens with zero attached hydrogens (tertiary/aromatic N) is 7. The van der Waals surface area contributed by atoms with Crippen LogP contribution >= 0.6 is 0 Å². The van der Waals surface area contributed by atoms with E-state index in [1.54, 1.807) is 0 Å². The lowest BCUT2D eigenvalue weighted by atomic mass is 9.30. The Balaban J connectivity index is 0.950. The van der Waals surface area contributed by atoms with Crippen molar-refractivity contribution in [1.29, 1.82) is 0 Å². The molecule has 0 saturated carbocycles. The van der Waals surface area contributed by atoms with Crippen molar-refractivity contribution < 1.29 is 4.74 Å². The van der Waals surface area contributed by atoms with Crippen LogP contribution in [0.3, 0.4) is 0 Å². The largest absolute Gasteiger partial charge is 0.453 e. The zero-order chi connectivity index (χ0) is 67.1. The first-order valence-corrected chi connectivity index (χ1v) is 34.6. The number of rotatable bonds is 13. The number of para-hydroxylation sites is 11. The summed E-state index contributed by atoms with van der Waals surface area (Å²) in [5, 5.41) is 0. The molecule has 0 atom stereocenters. The number of anilines is 20. The maximum absolute atomic E-state index is 7.32. The number of fused-ring (bicyclic) bond motifs is 10. The quantitative estimate of drug-likeness (QED) is 0.0834. The Hall–Kier alpha value is -13.2. The summed E-state index contributed by atoms with van der Waals surface area (Å²) in [6.07, 6.45) is 8.08. The van der Waals surface area contributed by atoms with Gasteiger partial charge < -0.3 is 39.0 Å². The van der Waals surface area contributed by atoms with Crippen molar-refractivity contribution in [3.8, 4) is 11.5 Å². The maximum atomic E-state index is 7.32. The molecule has 0 unspecified atom stereocenters. The van der Waals surface area contributed by atoms with Crippen LogP contribution in [0, 0.1) is 0 Å². The van der Waals surface area contributed by atoms with Gasteiger partial charge in [-0.1, -0.05) is 207 Å². The van der Waals surface area contributed by atoms with Crippen molar-refractivity contribution in [2.24, 2.45) is 0 Å². The van der Waals surface area contributed by atoms with Gasteiger partial charge in [-0.2, -0.15) is 0 Å². The number of ether oxygens (including phenoxy) is 1. The van der Waals surface area contributed by atoms with Crippen molar-refractivity contribution >= 4 is 160 Å². The van der Waals surface area contributed by atoms with Gasteiger partial charge in [-0.15, -0.1) is 0 Å². The molecule has 0 fully saturated rings. The molecule has 0 N–H and O–H groups in total. The lowest BCUT2D eigenvalue weighted by molar-refractivity contribution is 0.477. The Morgan fingerprint density at radius 1 is 0.297 bits per heavy atom. The van der Waals surface area contributed by atoms with E-state index >= 15 is 0 Å². The van der Waals surface area contributed by atoms with Gasteiger partial charge in [0.15, 0.2) is 11.5 Å². The van der Waals surface area contributed by atoms with Crippen LogP contribution in [0.15, 0.2) is 376 Å². The topological polar surface area (TPSA) is 31.9 Å². The minimum Gasteiger partial charge on any atom is -0.453 e. The molecule has 101 heavy (non-hydrogen) atoms. The zero-order valence-electron chi connectivity index (χ0n) is 55.5. The summed E-state index contributed by atoms with van der Waals surface area (Å²) in [5.41, 5.74) is 29.2. The SMILES string of the molecule is C=C/C=C\C=C(/C)N(c1ccccc1)c1cc2c3c(c1)N(c1ccccc1)c1cc4c(cc1B3c1cc3c(cc1N2c1ccccc1)N(c1ccccc1)c1ccccc1O3)B1c2ccccc2N(c2ccccc2)c2cc(N(c3ccccc3)c3ccccc3)cc(c21)N4c1ccccc1. The standard InChI is InChI=1S/C91H65B2N7O/c1-3-4-13-34-63(2)94(64-35-14-5-15-36-64)72-55-85-91-86(56-72)100(71-49-28-12-29-50-71)82-62-83-89(101-88-54-33-32-53-79(88)97(83)68-43-22-9-23-44-68)60-77(82)93(91)76-59-75-80(61-81(76)99(85)70-47-26-11-27-48-70)98(69-45-24-10-25-46-69)87-58-73(95(65-37-16-6-17-38-65)66-39-18-7-19-40-66)57-84-90(87)92(75)74-51-30-31-52-78(74)96(84)67-41-20-8-21-42-67/h3-62H,1H2,2H3/b13-4-,63-34+.